The molecule has 1 heterocycles. The van der Waals surface area contributed by atoms with Crippen LogP contribution in [-0.4, -0.2) is 36.1 Å². The van der Waals surface area contributed by atoms with Gasteiger partial charge in [-0.15, -0.1) is 0 Å². The van der Waals surface area contributed by atoms with E-state index >= 15 is 0 Å². The molecule has 0 aromatic heterocycles. The summed E-state index contributed by atoms with van der Waals surface area (Å²) in [6.07, 6.45) is 1.59. The number of benzene rings is 1. The highest BCUT2D eigenvalue weighted by molar-refractivity contribution is 6.31. The predicted octanol–water partition coefficient (Wildman–Crippen LogP) is 2.14. The number of amides is 1. The number of carboxylic acids is 1. The third kappa shape index (κ3) is 3.42. The number of hydrogen-bond acceptors (Lipinski definition) is 3. The van der Waals surface area contributed by atoms with Gasteiger partial charge in [-0.1, -0.05) is 11.6 Å². The van der Waals surface area contributed by atoms with E-state index in [0.29, 0.717) is 23.8 Å². The van der Waals surface area contributed by atoms with Crippen LogP contribution in [0.5, 0.6) is 0 Å². The summed E-state index contributed by atoms with van der Waals surface area (Å²) in [5.74, 6) is -0.988. The molecule has 1 aromatic carbocycles. The van der Waals surface area contributed by atoms with Gasteiger partial charge in [-0.05, 0) is 31.0 Å². The van der Waals surface area contributed by atoms with Crippen LogP contribution in [0.3, 0.4) is 0 Å². The SMILES string of the molecule is CC(=O)NC1CCN(c2cc(Cl)ccc2C(=O)O)CC1. The molecule has 1 aliphatic heterocycles. The molecule has 0 saturated carbocycles. The van der Waals surface area contributed by atoms with Crippen molar-refractivity contribution in [2.45, 2.75) is 25.8 Å². The summed E-state index contributed by atoms with van der Waals surface area (Å²) in [6.45, 7) is 2.91. The van der Waals surface area contributed by atoms with E-state index in [-0.39, 0.29) is 17.5 Å². The maximum absolute atomic E-state index is 11.3. The molecule has 1 saturated heterocycles. The van der Waals surface area contributed by atoms with Gasteiger partial charge in [-0.3, -0.25) is 4.79 Å². The van der Waals surface area contributed by atoms with Crippen LogP contribution in [0.25, 0.3) is 0 Å². The average molecular weight is 297 g/mol. The quantitative estimate of drug-likeness (QED) is 0.896. The minimum Gasteiger partial charge on any atom is -0.478 e. The zero-order valence-electron chi connectivity index (χ0n) is 11.2. The first kappa shape index (κ1) is 14.7. The lowest BCUT2D eigenvalue weighted by atomic mass is 10.0. The Labute approximate surface area is 122 Å². The topological polar surface area (TPSA) is 69.6 Å². The Balaban J connectivity index is 2.12. The maximum atomic E-state index is 11.3. The number of halogens is 1. The Morgan fingerprint density at radius 2 is 2.00 bits per heavy atom. The van der Waals surface area contributed by atoms with Gasteiger partial charge < -0.3 is 15.3 Å². The fourth-order valence-electron chi connectivity index (χ4n) is 2.50. The van der Waals surface area contributed by atoms with Crippen LogP contribution in [0.1, 0.15) is 30.1 Å². The minimum absolute atomic E-state index is 0.0302. The molecule has 0 atom stereocenters. The van der Waals surface area contributed by atoms with Crippen LogP contribution in [0.4, 0.5) is 5.69 Å². The molecule has 1 aromatic rings. The highest BCUT2D eigenvalue weighted by Gasteiger charge is 2.23. The van der Waals surface area contributed by atoms with Gasteiger partial charge in [-0.2, -0.15) is 0 Å². The van der Waals surface area contributed by atoms with Crippen LogP contribution in [0.2, 0.25) is 5.02 Å². The Morgan fingerprint density at radius 1 is 1.35 bits per heavy atom. The van der Waals surface area contributed by atoms with Gasteiger partial charge in [0.25, 0.3) is 0 Å². The molecule has 0 radical (unpaired) electrons. The third-order valence-corrected chi connectivity index (χ3v) is 3.67. The molecule has 1 amide bonds. The number of hydrogen-bond donors (Lipinski definition) is 2. The normalized spacial score (nSPS) is 16.0. The van der Waals surface area contributed by atoms with Crippen molar-refractivity contribution in [1.82, 2.24) is 5.32 Å². The monoisotopic (exact) mass is 296 g/mol. The Hall–Kier alpha value is -1.75. The molecular weight excluding hydrogens is 280 g/mol. The molecule has 1 aliphatic rings. The standard InChI is InChI=1S/C14H17ClN2O3/c1-9(18)16-11-4-6-17(7-5-11)13-8-10(15)2-3-12(13)14(19)20/h2-3,8,11H,4-7H2,1H3,(H,16,18)(H,19,20). The number of nitrogens with zero attached hydrogens (tertiary/aromatic N) is 1. The number of anilines is 1. The summed E-state index contributed by atoms with van der Waals surface area (Å²) >= 11 is 5.96. The first-order valence-electron chi connectivity index (χ1n) is 6.52. The second-order valence-electron chi connectivity index (χ2n) is 4.93. The van der Waals surface area contributed by atoms with Crippen molar-refractivity contribution in [3.8, 4) is 0 Å². The Morgan fingerprint density at radius 3 is 2.55 bits per heavy atom. The van der Waals surface area contributed by atoms with Gasteiger partial charge >= 0.3 is 5.97 Å². The smallest absolute Gasteiger partial charge is 0.337 e. The van der Waals surface area contributed by atoms with Gasteiger partial charge in [-0.25, -0.2) is 4.79 Å². The number of aromatic carboxylic acids is 1. The zero-order valence-corrected chi connectivity index (χ0v) is 12.0. The van der Waals surface area contributed by atoms with Crippen LogP contribution in [-0.2, 0) is 4.79 Å². The first-order chi connectivity index (χ1) is 9.47. The number of carbonyl (C=O) groups excluding carboxylic acids is 1. The minimum atomic E-state index is -0.958. The van der Waals surface area contributed by atoms with E-state index in [0.717, 1.165) is 12.8 Å². The third-order valence-electron chi connectivity index (χ3n) is 3.43. The van der Waals surface area contributed by atoms with E-state index in [4.69, 9.17) is 11.6 Å². The lowest BCUT2D eigenvalue weighted by Crippen LogP contribution is -2.44. The fourth-order valence-corrected chi connectivity index (χ4v) is 2.67. The molecule has 2 rings (SSSR count). The molecule has 2 N–H and O–H groups in total. The van der Waals surface area contributed by atoms with E-state index in [2.05, 4.69) is 5.32 Å². The fraction of sp³-hybridized carbons (Fsp3) is 0.429. The lowest BCUT2D eigenvalue weighted by Gasteiger charge is -2.34. The summed E-state index contributed by atoms with van der Waals surface area (Å²) in [5.41, 5.74) is 0.902. The first-order valence-corrected chi connectivity index (χ1v) is 6.90. The maximum Gasteiger partial charge on any atom is 0.337 e. The lowest BCUT2D eigenvalue weighted by molar-refractivity contribution is -0.119. The van der Waals surface area contributed by atoms with E-state index in [1.807, 2.05) is 4.90 Å². The molecule has 20 heavy (non-hydrogen) atoms. The van der Waals surface area contributed by atoms with Crippen LogP contribution >= 0.6 is 11.6 Å². The van der Waals surface area contributed by atoms with Crippen molar-refractivity contribution in [3.63, 3.8) is 0 Å². The molecule has 0 unspecified atom stereocenters. The number of carboxylic acid groups (broad SMARTS) is 1. The Kier molecular flexibility index (Phi) is 4.49. The predicted molar refractivity (Wildman–Crippen MR) is 77.5 cm³/mol. The van der Waals surface area contributed by atoms with E-state index in [1.165, 1.54) is 13.0 Å². The van der Waals surface area contributed by atoms with E-state index < -0.39 is 5.97 Å². The highest BCUT2D eigenvalue weighted by Crippen LogP contribution is 2.27. The zero-order chi connectivity index (χ0) is 14.7. The number of piperidine rings is 1. The number of nitrogens with one attached hydrogen (secondary N) is 1. The molecule has 1 fully saturated rings. The van der Waals surface area contributed by atoms with Crippen LogP contribution in [0.15, 0.2) is 18.2 Å². The van der Waals surface area contributed by atoms with Gasteiger partial charge in [0.15, 0.2) is 0 Å². The molecule has 0 bridgehead atoms. The summed E-state index contributed by atoms with van der Waals surface area (Å²) in [7, 11) is 0. The van der Waals surface area contributed by atoms with E-state index in [1.54, 1.807) is 12.1 Å². The molecule has 0 aliphatic carbocycles. The van der Waals surface area contributed by atoms with E-state index in [9.17, 15) is 14.7 Å². The van der Waals surface area contributed by atoms with Gasteiger partial charge in [0, 0.05) is 31.1 Å². The summed E-state index contributed by atoms with van der Waals surface area (Å²) in [5, 5.41) is 12.6. The molecule has 6 heteroatoms. The summed E-state index contributed by atoms with van der Waals surface area (Å²) < 4.78 is 0. The number of carbonyl (C=O) groups is 2. The molecule has 5 nitrogen and oxygen atoms in total. The largest absolute Gasteiger partial charge is 0.478 e. The van der Waals surface area contributed by atoms with Crippen molar-refractivity contribution in [2.24, 2.45) is 0 Å². The second-order valence-corrected chi connectivity index (χ2v) is 5.36. The molecule has 108 valence electrons. The summed E-state index contributed by atoms with van der Waals surface area (Å²) in [4.78, 5) is 24.3. The van der Waals surface area contributed by atoms with Gasteiger partial charge in [0.2, 0.25) is 5.91 Å². The van der Waals surface area contributed by atoms with Crippen molar-refractivity contribution in [1.29, 1.82) is 0 Å². The van der Waals surface area contributed by atoms with Crippen molar-refractivity contribution >= 4 is 29.2 Å². The average Bonchev–Trinajstić information content (AvgIpc) is 2.38. The van der Waals surface area contributed by atoms with Crippen LogP contribution in [0, 0.1) is 0 Å². The second kappa shape index (κ2) is 6.13. The van der Waals surface area contributed by atoms with Crippen molar-refractivity contribution in [2.75, 3.05) is 18.0 Å². The van der Waals surface area contributed by atoms with Crippen LogP contribution < -0.4 is 10.2 Å². The Bertz CT molecular complexity index is 525. The van der Waals surface area contributed by atoms with Crippen molar-refractivity contribution in [3.05, 3.63) is 28.8 Å². The number of rotatable bonds is 3. The molecule has 0 spiro atoms. The highest BCUT2D eigenvalue weighted by atomic mass is 35.5. The van der Waals surface area contributed by atoms with Crippen molar-refractivity contribution < 1.29 is 14.7 Å². The van der Waals surface area contributed by atoms with Gasteiger partial charge in [0.1, 0.15) is 0 Å². The van der Waals surface area contributed by atoms with Gasteiger partial charge in [0.05, 0.1) is 11.3 Å². The molecular formula is C14H17ClN2O3. The summed E-state index contributed by atoms with van der Waals surface area (Å²) in [6, 6.07) is 4.96.